The summed E-state index contributed by atoms with van der Waals surface area (Å²) in [5.41, 5.74) is 0.375. The Morgan fingerprint density at radius 1 is 1.37 bits per heavy atom. The van der Waals surface area contributed by atoms with Gasteiger partial charge in [-0.1, -0.05) is 6.92 Å². The van der Waals surface area contributed by atoms with E-state index in [9.17, 15) is 8.78 Å². The lowest BCUT2D eigenvalue weighted by Gasteiger charge is -2.31. The number of ether oxygens (including phenoxy) is 1. The fraction of sp³-hybridized carbons (Fsp3) is 0.600. The third-order valence-electron chi connectivity index (χ3n) is 3.49. The highest BCUT2D eigenvalue weighted by molar-refractivity contribution is 5.23. The molecule has 1 aromatic rings. The van der Waals surface area contributed by atoms with Crippen molar-refractivity contribution in [2.45, 2.75) is 44.8 Å². The summed E-state index contributed by atoms with van der Waals surface area (Å²) in [6.07, 6.45) is 3.88. The van der Waals surface area contributed by atoms with Gasteiger partial charge in [-0.05, 0) is 50.4 Å². The molecule has 1 fully saturated rings. The number of rotatable bonds is 5. The van der Waals surface area contributed by atoms with Crippen molar-refractivity contribution in [3.63, 3.8) is 0 Å². The van der Waals surface area contributed by atoms with E-state index in [2.05, 4.69) is 5.32 Å². The van der Waals surface area contributed by atoms with Gasteiger partial charge in [0, 0.05) is 12.2 Å². The standard InChI is InChI=1S/C15H21F2NO/c1-2-8-18-15(14-5-3-4-9-19-14)12-10-11(16)6-7-13(12)17/h6-7,10,14-15,18H,2-5,8-9H2,1H3. The Labute approximate surface area is 113 Å². The van der Waals surface area contributed by atoms with Crippen LogP contribution in [0, 0.1) is 11.6 Å². The van der Waals surface area contributed by atoms with Crippen LogP contribution in [0.3, 0.4) is 0 Å². The van der Waals surface area contributed by atoms with Crippen LogP contribution in [0.1, 0.15) is 44.2 Å². The largest absolute Gasteiger partial charge is 0.376 e. The highest BCUT2D eigenvalue weighted by Crippen LogP contribution is 2.28. The van der Waals surface area contributed by atoms with Gasteiger partial charge in [0.25, 0.3) is 0 Å². The summed E-state index contributed by atoms with van der Waals surface area (Å²) in [4.78, 5) is 0. The van der Waals surface area contributed by atoms with Crippen molar-refractivity contribution in [2.75, 3.05) is 13.2 Å². The fourth-order valence-electron chi connectivity index (χ4n) is 2.52. The van der Waals surface area contributed by atoms with Crippen molar-refractivity contribution in [1.29, 1.82) is 0 Å². The Hall–Kier alpha value is -1.00. The van der Waals surface area contributed by atoms with Crippen LogP contribution < -0.4 is 5.32 Å². The van der Waals surface area contributed by atoms with Crippen LogP contribution in [0.25, 0.3) is 0 Å². The average Bonchev–Trinajstić information content (AvgIpc) is 2.44. The maximum Gasteiger partial charge on any atom is 0.128 e. The molecule has 2 nitrogen and oxygen atoms in total. The summed E-state index contributed by atoms with van der Waals surface area (Å²) in [5.74, 6) is -0.778. The molecule has 1 N–H and O–H groups in total. The minimum Gasteiger partial charge on any atom is -0.376 e. The Balaban J connectivity index is 2.22. The lowest BCUT2D eigenvalue weighted by molar-refractivity contribution is -0.00891. The molecule has 19 heavy (non-hydrogen) atoms. The number of halogens is 2. The predicted octanol–water partition coefficient (Wildman–Crippen LogP) is 3.57. The van der Waals surface area contributed by atoms with E-state index in [0.717, 1.165) is 38.3 Å². The summed E-state index contributed by atoms with van der Waals surface area (Å²) >= 11 is 0. The fourth-order valence-corrected chi connectivity index (χ4v) is 2.52. The van der Waals surface area contributed by atoms with Gasteiger partial charge in [0.05, 0.1) is 12.1 Å². The molecule has 0 spiro atoms. The molecule has 1 saturated heterocycles. The smallest absolute Gasteiger partial charge is 0.128 e. The lowest BCUT2D eigenvalue weighted by atomic mass is 9.95. The molecule has 0 amide bonds. The molecule has 0 saturated carbocycles. The second-order valence-corrected chi connectivity index (χ2v) is 5.00. The first-order chi connectivity index (χ1) is 9.22. The van der Waals surface area contributed by atoms with E-state index < -0.39 is 5.82 Å². The van der Waals surface area contributed by atoms with Crippen LogP contribution in [-0.2, 0) is 4.74 Å². The molecule has 106 valence electrons. The van der Waals surface area contributed by atoms with E-state index in [-0.39, 0.29) is 18.0 Å². The van der Waals surface area contributed by atoms with Gasteiger partial charge in [0.15, 0.2) is 0 Å². The van der Waals surface area contributed by atoms with Gasteiger partial charge in [-0.2, -0.15) is 0 Å². The summed E-state index contributed by atoms with van der Waals surface area (Å²) < 4.78 is 33.0. The predicted molar refractivity (Wildman–Crippen MR) is 71.0 cm³/mol. The van der Waals surface area contributed by atoms with Crippen LogP contribution in [0.15, 0.2) is 18.2 Å². The van der Waals surface area contributed by atoms with Crippen molar-refractivity contribution in [3.8, 4) is 0 Å². The first-order valence-electron chi connectivity index (χ1n) is 7.02. The first kappa shape index (κ1) is 14.4. The first-order valence-corrected chi connectivity index (χ1v) is 7.02. The molecule has 1 aliphatic rings. The molecule has 1 aliphatic heterocycles. The van der Waals surface area contributed by atoms with Gasteiger partial charge in [-0.15, -0.1) is 0 Å². The van der Waals surface area contributed by atoms with E-state index in [0.29, 0.717) is 12.2 Å². The highest BCUT2D eigenvalue weighted by Gasteiger charge is 2.27. The molecule has 0 aromatic heterocycles. The van der Waals surface area contributed by atoms with Crippen molar-refractivity contribution in [1.82, 2.24) is 5.32 Å². The molecule has 0 aliphatic carbocycles. The van der Waals surface area contributed by atoms with E-state index >= 15 is 0 Å². The van der Waals surface area contributed by atoms with Gasteiger partial charge in [-0.3, -0.25) is 0 Å². The minimum absolute atomic E-state index is 0.0726. The molecule has 1 heterocycles. The Morgan fingerprint density at radius 2 is 2.21 bits per heavy atom. The van der Waals surface area contributed by atoms with Crippen LogP contribution in [-0.4, -0.2) is 19.3 Å². The molecule has 4 heteroatoms. The average molecular weight is 269 g/mol. The molecule has 2 atom stereocenters. The number of hydrogen-bond donors (Lipinski definition) is 1. The Morgan fingerprint density at radius 3 is 2.89 bits per heavy atom. The summed E-state index contributed by atoms with van der Waals surface area (Å²) in [5, 5.41) is 3.29. The minimum atomic E-state index is -0.407. The van der Waals surface area contributed by atoms with Gasteiger partial charge in [-0.25, -0.2) is 8.78 Å². The second kappa shape index (κ2) is 6.96. The molecule has 1 aromatic carbocycles. The summed E-state index contributed by atoms with van der Waals surface area (Å²) in [6, 6.07) is 3.35. The maximum atomic E-state index is 13.9. The van der Waals surface area contributed by atoms with Crippen LogP contribution >= 0.6 is 0 Å². The van der Waals surface area contributed by atoms with Crippen molar-refractivity contribution < 1.29 is 13.5 Å². The normalized spacial score (nSPS) is 21.3. The van der Waals surface area contributed by atoms with E-state index in [4.69, 9.17) is 4.74 Å². The van der Waals surface area contributed by atoms with Crippen molar-refractivity contribution in [2.24, 2.45) is 0 Å². The molecule has 0 radical (unpaired) electrons. The Bertz CT molecular complexity index is 405. The topological polar surface area (TPSA) is 21.3 Å². The van der Waals surface area contributed by atoms with Crippen molar-refractivity contribution in [3.05, 3.63) is 35.4 Å². The van der Waals surface area contributed by atoms with E-state index in [1.54, 1.807) is 0 Å². The number of nitrogens with one attached hydrogen (secondary N) is 1. The molecular weight excluding hydrogens is 248 g/mol. The van der Waals surface area contributed by atoms with Crippen LogP contribution in [0.2, 0.25) is 0 Å². The zero-order valence-corrected chi connectivity index (χ0v) is 11.3. The zero-order valence-electron chi connectivity index (χ0n) is 11.3. The highest BCUT2D eigenvalue weighted by atomic mass is 19.1. The van der Waals surface area contributed by atoms with E-state index in [1.807, 2.05) is 6.92 Å². The van der Waals surface area contributed by atoms with Crippen LogP contribution in [0.4, 0.5) is 8.78 Å². The maximum absolute atomic E-state index is 13.9. The monoisotopic (exact) mass is 269 g/mol. The SMILES string of the molecule is CCCNC(c1cc(F)ccc1F)C1CCCCO1. The third kappa shape index (κ3) is 3.74. The quantitative estimate of drug-likeness (QED) is 0.882. The third-order valence-corrected chi connectivity index (χ3v) is 3.49. The molecule has 0 bridgehead atoms. The number of hydrogen-bond acceptors (Lipinski definition) is 2. The Kier molecular flexibility index (Phi) is 5.28. The van der Waals surface area contributed by atoms with Gasteiger partial charge >= 0.3 is 0 Å². The van der Waals surface area contributed by atoms with Crippen LogP contribution in [0.5, 0.6) is 0 Å². The van der Waals surface area contributed by atoms with Crippen molar-refractivity contribution >= 4 is 0 Å². The summed E-state index contributed by atoms with van der Waals surface area (Å²) in [6.45, 7) is 3.51. The van der Waals surface area contributed by atoms with Gasteiger partial charge < -0.3 is 10.1 Å². The summed E-state index contributed by atoms with van der Waals surface area (Å²) in [7, 11) is 0. The second-order valence-electron chi connectivity index (χ2n) is 5.00. The molecule has 2 unspecified atom stereocenters. The molecule has 2 rings (SSSR count). The van der Waals surface area contributed by atoms with Gasteiger partial charge in [0.2, 0.25) is 0 Å². The lowest BCUT2D eigenvalue weighted by Crippen LogP contribution is -2.37. The molecular formula is C15H21F2NO. The van der Waals surface area contributed by atoms with Gasteiger partial charge in [0.1, 0.15) is 11.6 Å². The zero-order chi connectivity index (χ0) is 13.7. The number of benzene rings is 1. The van der Waals surface area contributed by atoms with E-state index in [1.165, 1.54) is 12.1 Å².